The quantitative estimate of drug-likeness (QED) is 0.672. The van der Waals surface area contributed by atoms with Gasteiger partial charge in [-0.1, -0.05) is 44.7 Å². The number of nitrogens with zero attached hydrogens (tertiary/aromatic N) is 1. The van der Waals surface area contributed by atoms with Gasteiger partial charge in [-0.15, -0.1) is 6.58 Å². The Labute approximate surface area is 98.1 Å². The third-order valence-corrected chi connectivity index (χ3v) is 3.64. The minimum Gasteiger partial charge on any atom is -0.348 e. The van der Waals surface area contributed by atoms with Crippen molar-refractivity contribution in [3.8, 4) is 0 Å². The molecule has 1 unspecified atom stereocenters. The van der Waals surface area contributed by atoms with Crippen molar-refractivity contribution < 1.29 is 0 Å². The van der Waals surface area contributed by atoms with Crippen LogP contribution >= 0.6 is 0 Å². The highest BCUT2D eigenvalue weighted by Crippen LogP contribution is 2.50. The van der Waals surface area contributed by atoms with E-state index in [1.807, 2.05) is 6.08 Å². The van der Waals surface area contributed by atoms with E-state index >= 15 is 0 Å². The molecule has 1 heterocycles. The van der Waals surface area contributed by atoms with Crippen LogP contribution in [-0.2, 0) is 0 Å². The van der Waals surface area contributed by atoms with Crippen LogP contribution in [0.25, 0.3) is 0 Å². The molecule has 84 valence electrons. The zero-order valence-electron chi connectivity index (χ0n) is 10.3. The van der Waals surface area contributed by atoms with E-state index in [-0.39, 0.29) is 5.41 Å². The zero-order valence-corrected chi connectivity index (χ0v) is 10.3. The standard InChI is InChI=1S/C15H19N/c1-6-15(3,4)14-11(2)16(5)13-10-8-7-9-12(13)14/h6-10,14H,1-2H2,3-5H3. The van der Waals surface area contributed by atoms with Crippen LogP contribution in [0.1, 0.15) is 25.3 Å². The van der Waals surface area contributed by atoms with Crippen molar-refractivity contribution in [2.75, 3.05) is 11.9 Å². The number of anilines is 1. The Hall–Kier alpha value is -1.50. The Morgan fingerprint density at radius 2 is 1.94 bits per heavy atom. The molecule has 16 heavy (non-hydrogen) atoms. The molecule has 2 rings (SSSR count). The summed E-state index contributed by atoms with van der Waals surface area (Å²) in [5.41, 5.74) is 3.83. The molecule has 1 aromatic carbocycles. The van der Waals surface area contributed by atoms with Crippen molar-refractivity contribution in [1.82, 2.24) is 0 Å². The van der Waals surface area contributed by atoms with Crippen LogP contribution < -0.4 is 4.90 Å². The summed E-state index contributed by atoms with van der Waals surface area (Å²) in [6.07, 6.45) is 2.03. The van der Waals surface area contributed by atoms with Gasteiger partial charge in [0, 0.05) is 24.4 Å². The average molecular weight is 213 g/mol. The summed E-state index contributed by atoms with van der Waals surface area (Å²) in [5.74, 6) is 0.339. The van der Waals surface area contributed by atoms with Gasteiger partial charge in [-0.05, 0) is 17.0 Å². The minimum atomic E-state index is 0.0396. The van der Waals surface area contributed by atoms with E-state index in [1.54, 1.807) is 0 Å². The lowest BCUT2D eigenvalue weighted by molar-refractivity contribution is 0.419. The molecule has 1 nitrogen and oxygen atoms in total. The number of benzene rings is 1. The lowest BCUT2D eigenvalue weighted by atomic mass is 9.75. The van der Waals surface area contributed by atoms with E-state index in [0.29, 0.717) is 5.92 Å². The molecule has 0 bridgehead atoms. The van der Waals surface area contributed by atoms with Crippen LogP contribution in [0.5, 0.6) is 0 Å². The number of para-hydroxylation sites is 1. The van der Waals surface area contributed by atoms with Gasteiger partial charge in [-0.25, -0.2) is 0 Å². The second kappa shape index (κ2) is 3.51. The highest BCUT2D eigenvalue weighted by atomic mass is 15.1. The summed E-state index contributed by atoms with van der Waals surface area (Å²) in [6.45, 7) is 12.6. The largest absolute Gasteiger partial charge is 0.348 e. The summed E-state index contributed by atoms with van der Waals surface area (Å²) in [5, 5.41) is 0. The minimum absolute atomic E-state index is 0.0396. The fourth-order valence-corrected chi connectivity index (χ4v) is 2.51. The van der Waals surface area contributed by atoms with E-state index in [2.05, 4.69) is 63.2 Å². The van der Waals surface area contributed by atoms with Gasteiger partial charge in [0.2, 0.25) is 0 Å². The molecule has 0 radical (unpaired) electrons. The SMILES string of the molecule is C=CC(C)(C)C1C(=C)N(C)c2ccccc21. The molecule has 0 amide bonds. The first kappa shape index (κ1) is 11.0. The molecule has 0 spiro atoms. The van der Waals surface area contributed by atoms with Gasteiger partial charge in [-0.2, -0.15) is 0 Å². The number of hydrogen-bond acceptors (Lipinski definition) is 1. The molecular formula is C15H19N. The molecule has 0 saturated carbocycles. The number of hydrogen-bond donors (Lipinski definition) is 0. The van der Waals surface area contributed by atoms with Crippen molar-refractivity contribution in [2.45, 2.75) is 19.8 Å². The van der Waals surface area contributed by atoms with Gasteiger partial charge >= 0.3 is 0 Å². The second-order valence-corrected chi connectivity index (χ2v) is 5.07. The molecule has 1 aromatic rings. The van der Waals surface area contributed by atoms with Crippen molar-refractivity contribution >= 4 is 5.69 Å². The highest BCUT2D eigenvalue weighted by Gasteiger charge is 2.38. The molecule has 1 atom stereocenters. The van der Waals surface area contributed by atoms with E-state index in [1.165, 1.54) is 11.3 Å². The van der Waals surface area contributed by atoms with Gasteiger partial charge in [-0.3, -0.25) is 0 Å². The van der Waals surface area contributed by atoms with Crippen LogP contribution in [0, 0.1) is 5.41 Å². The molecular weight excluding hydrogens is 194 g/mol. The third kappa shape index (κ3) is 1.39. The smallest absolute Gasteiger partial charge is 0.0445 e. The Kier molecular flexibility index (Phi) is 2.42. The lowest BCUT2D eigenvalue weighted by Gasteiger charge is -2.30. The number of allylic oxidation sites excluding steroid dienone is 2. The molecule has 0 N–H and O–H groups in total. The molecule has 0 saturated heterocycles. The maximum Gasteiger partial charge on any atom is 0.0445 e. The normalized spacial score (nSPS) is 19.8. The summed E-state index contributed by atoms with van der Waals surface area (Å²) < 4.78 is 0. The van der Waals surface area contributed by atoms with Gasteiger partial charge in [0.25, 0.3) is 0 Å². The van der Waals surface area contributed by atoms with Gasteiger partial charge in [0.1, 0.15) is 0 Å². The fourth-order valence-electron chi connectivity index (χ4n) is 2.51. The van der Waals surface area contributed by atoms with Crippen molar-refractivity contribution in [1.29, 1.82) is 0 Å². The van der Waals surface area contributed by atoms with Crippen LogP contribution in [0.15, 0.2) is 49.2 Å². The monoisotopic (exact) mass is 213 g/mol. The van der Waals surface area contributed by atoms with Gasteiger partial charge in [0.05, 0.1) is 0 Å². The first-order chi connectivity index (χ1) is 7.49. The Morgan fingerprint density at radius 1 is 1.31 bits per heavy atom. The first-order valence-electron chi connectivity index (χ1n) is 5.64. The lowest BCUT2D eigenvalue weighted by Crippen LogP contribution is -2.22. The van der Waals surface area contributed by atoms with E-state index in [9.17, 15) is 0 Å². The van der Waals surface area contributed by atoms with Crippen molar-refractivity contribution in [3.63, 3.8) is 0 Å². The van der Waals surface area contributed by atoms with Crippen molar-refractivity contribution in [3.05, 3.63) is 54.8 Å². The van der Waals surface area contributed by atoms with E-state index < -0.39 is 0 Å². The van der Waals surface area contributed by atoms with Crippen molar-refractivity contribution in [2.24, 2.45) is 5.41 Å². The van der Waals surface area contributed by atoms with Crippen LogP contribution in [0.2, 0.25) is 0 Å². The maximum absolute atomic E-state index is 4.22. The molecule has 0 fully saturated rings. The zero-order chi connectivity index (χ0) is 11.9. The predicted octanol–water partition coefficient (Wildman–Crippen LogP) is 3.95. The number of fused-ring (bicyclic) bond motifs is 1. The average Bonchev–Trinajstić information content (AvgIpc) is 2.53. The molecule has 0 aliphatic carbocycles. The molecule has 1 aliphatic rings. The Balaban J connectivity index is 2.57. The third-order valence-electron chi connectivity index (χ3n) is 3.64. The van der Waals surface area contributed by atoms with Crippen LogP contribution in [0.3, 0.4) is 0 Å². The van der Waals surface area contributed by atoms with E-state index in [4.69, 9.17) is 0 Å². The fraction of sp³-hybridized carbons (Fsp3) is 0.333. The molecule has 1 heteroatoms. The highest BCUT2D eigenvalue weighted by molar-refractivity contribution is 5.67. The topological polar surface area (TPSA) is 3.24 Å². The van der Waals surface area contributed by atoms with Gasteiger partial charge < -0.3 is 4.90 Å². The second-order valence-electron chi connectivity index (χ2n) is 5.07. The number of rotatable bonds is 2. The molecule has 1 aliphatic heterocycles. The van der Waals surface area contributed by atoms with Crippen LogP contribution in [0.4, 0.5) is 5.69 Å². The predicted molar refractivity (Wildman–Crippen MR) is 70.7 cm³/mol. The van der Waals surface area contributed by atoms with E-state index in [0.717, 1.165) is 5.70 Å². The molecule has 0 aromatic heterocycles. The summed E-state index contributed by atoms with van der Waals surface area (Å²) >= 11 is 0. The Bertz CT molecular complexity index is 443. The first-order valence-corrected chi connectivity index (χ1v) is 5.64. The summed E-state index contributed by atoms with van der Waals surface area (Å²) in [4.78, 5) is 2.19. The Morgan fingerprint density at radius 3 is 2.56 bits per heavy atom. The van der Waals surface area contributed by atoms with Gasteiger partial charge in [0.15, 0.2) is 0 Å². The summed E-state index contributed by atoms with van der Waals surface area (Å²) in [7, 11) is 2.08. The summed E-state index contributed by atoms with van der Waals surface area (Å²) in [6, 6.07) is 8.52. The maximum atomic E-state index is 4.22. The van der Waals surface area contributed by atoms with Crippen LogP contribution in [-0.4, -0.2) is 7.05 Å². The number of likely N-dealkylation sites (N-methyl/N-ethyl adjacent to an activating group) is 1.